The first-order valence-corrected chi connectivity index (χ1v) is 10.6. The Balaban J connectivity index is 1.58. The first-order chi connectivity index (χ1) is 13.6. The fourth-order valence-electron chi connectivity index (χ4n) is 5.72. The van der Waals surface area contributed by atoms with Crippen LogP contribution in [-0.4, -0.2) is 72.3 Å². The van der Waals surface area contributed by atoms with Crippen LogP contribution < -0.4 is 10.5 Å². The third-order valence-electron chi connectivity index (χ3n) is 7.03. The highest BCUT2D eigenvalue weighted by molar-refractivity contribution is 5.82. The van der Waals surface area contributed by atoms with Crippen molar-refractivity contribution in [1.29, 1.82) is 0 Å². The second-order valence-electron chi connectivity index (χ2n) is 8.71. The lowest BCUT2D eigenvalue weighted by Gasteiger charge is -2.57. The maximum absolute atomic E-state index is 12.7. The summed E-state index contributed by atoms with van der Waals surface area (Å²) in [7, 11) is 1.71. The van der Waals surface area contributed by atoms with Crippen molar-refractivity contribution < 1.29 is 14.6 Å². The van der Waals surface area contributed by atoms with Gasteiger partial charge in [-0.1, -0.05) is 18.6 Å². The molecule has 0 spiro atoms. The fourth-order valence-corrected chi connectivity index (χ4v) is 5.72. The van der Waals surface area contributed by atoms with Crippen LogP contribution in [0.15, 0.2) is 24.3 Å². The number of amides is 1. The van der Waals surface area contributed by atoms with E-state index in [9.17, 15) is 9.90 Å². The number of nitrogens with two attached hydrogens (primary N) is 1. The second kappa shape index (κ2) is 8.39. The molecule has 0 aromatic heterocycles. The molecule has 3 aliphatic rings. The molecule has 0 saturated carbocycles. The number of aliphatic hydroxyl groups excluding tert-OH is 1. The molecule has 6 nitrogen and oxygen atoms in total. The molecule has 0 aliphatic carbocycles. The molecule has 1 aromatic rings. The zero-order valence-electron chi connectivity index (χ0n) is 16.8. The maximum Gasteiger partial charge on any atom is 0.241 e. The number of ether oxygens (including phenoxy) is 1. The number of hydrogen-bond donors (Lipinski definition) is 2. The molecule has 3 aliphatic heterocycles. The summed E-state index contributed by atoms with van der Waals surface area (Å²) >= 11 is 0. The van der Waals surface area contributed by atoms with Gasteiger partial charge in [0.05, 0.1) is 13.7 Å². The molecule has 3 fully saturated rings. The zero-order chi connectivity index (χ0) is 19.7. The summed E-state index contributed by atoms with van der Waals surface area (Å²) in [6.45, 7) is 2.42. The van der Waals surface area contributed by atoms with Gasteiger partial charge in [-0.15, -0.1) is 0 Å². The first-order valence-electron chi connectivity index (χ1n) is 10.6. The van der Waals surface area contributed by atoms with Crippen LogP contribution in [0.4, 0.5) is 0 Å². The van der Waals surface area contributed by atoms with Crippen molar-refractivity contribution in [2.75, 3.05) is 33.4 Å². The number of aliphatic hydroxyl groups is 1. The molecule has 3 N–H and O–H groups in total. The van der Waals surface area contributed by atoms with Gasteiger partial charge in [0.2, 0.25) is 5.91 Å². The molecule has 5 atom stereocenters. The average Bonchev–Trinajstić information content (AvgIpc) is 2.75. The van der Waals surface area contributed by atoms with Crippen molar-refractivity contribution in [3.05, 3.63) is 29.8 Å². The van der Waals surface area contributed by atoms with Crippen LogP contribution in [0, 0.1) is 11.8 Å². The number of likely N-dealkylation sites (tertiary alicyclic amines) is 1. The Morgan fingerprint density at radius 2 is 2.14 bits per heavy atom. The van der Waals surface area contributed by atoms with Crippen LogP contribution in [0.3, 0.4) is 0 Å². The lowest BCUT2D eigenvalue weighted by Crippen LogP contribution is -2.65. The van der Waals surface area contributed by atoms with Crippen LogP contribution in [0.25, 0.3) is 0 Å². The third-order valence-corrected chi connectivity index (χ3v) is 7.03. The van der Waals surface area contributed by atoms with Crippen LogP contribution in [0.2, 0.25) is 0 Å². The van der Waals surface area contributed by atoms with Gasteiger partial charge in [-0.2, -0.15) is 0 Å². The van der Waals surface area contributed by atoms with Crippen LogP contribution in [-0.2, 0) is 11.2 Å². The number of benzene rings is 1. The molecule has 3 heterocycles. The number of rotatable bonds is 5. The van der Waals surface area contributed by atoms with Gasteiger partial charge in [0.15, 0.2) is 0 Å². The van der Waals surface area contributed by atoms with E-state index in [4.69, 9.17) is 10.5 Å². The molecule has 0 unspecified atom stereocenters. The minimum atomic E-state index is -0.793. The molecule has 6 heteroatoms. The number of fused-ring (bicyclic) bond motifs is 4. The highest BCUT2D eigenvalue weighted by Crippen LogP contribution is 2.42. The molecule has 4 rings (SSSR count). The summed E-state index contributed by atoms with van der Waals surface area (Å²) in [6.07, 6.45) is 5.94. The Labute approximate surface area is 167 Å². The topological polar surface area (TPSA) is 79.0 Å². The van der Waals surface area contributed by atoms with Gasteiger partial charge in [0, 0.05) is 25.2 Å². The quantitative estimate of drug-likeness (QED) is 0.795. The van der Waals surface area contributed by atoms with Crippen molar-refractivity contribution in [1.82, 2.24) is 9.80 Å². The van der Waals surface area contributed by atoms with Crippen molar-refractivity contribution >= 4 is 5.91 Å². The lowest BCUT2D eigenvalue weighted by atomic mass is 9.71. The molecule has 1 aromatic carbocycles. The van der Waals surface area contributed by atoms with E-state index in [1.54, 1.807) is 7.11 Å². The highest BCUT2D eigenvalue weighted by atomic mass is 16.5. The summed E-state index contributed by atoms with van der Waals surface area (Å²) < 4.78 is 5.42. The van der Waals surface area contributed by atoms with Crippen molar-refractivity contribution in [3.8, 4) is 5.75 Å². The third kappa shape index (κ3) is 3.78. The van der Waals surface area contributed by atoms with Crippen LogP contribution >= 0.6 is 0 Å². The summed E-state index contributed by atoms with van der Waals surface area (Å²) in [5, 5.41) is 9.33. The van der Waals surface area contributed by atoms with E-state index >= 15 is 0 Å². The van der Waals surface area contributed by atoms with E-state index in [2.05, 4.69) is 23.1 Å². The van der Waals surface area contributed by atoms with Gasteiger partial charge in [0.1, 0.15) is 11.8 Å². The average molecular weight is 388 g/mol. The second-order valence-corrected chi connectivity index (χ2v) is 8.71. The summed E-state index contributed by atoms with van der Waals surface area (Å²) in [5.41, 5.74) is 7.15. The van der Waals surface area contributed by atoms with Crippen molar-refractivity contribution in [3.63, 3.8) is 0 Å². The monoisotopic (exact) mass is 387 g/mol. The van der Waals surface area contributed by atoms with E-state index in [1.165, 1.54) is 31.2 Å². The molecule has 2 bridgehead atoms. The minimum absolute atomic E-state index is 0.0958. The van der Waals surface area contributed by atoms with Crippen LogP contribution in [0.1, 0.15) is 31.2 Å². The van der Waals surface area contributed by atoms with Gasteiger partial charge in [-0.25, -0.2) is 0 Å². The van der Waals surface area contributed by atoms with Gasteiger partial charge in [0.25, 0.3) is 0 Å². The van der Waals surface area contributed by atoms with Gasteiger partial charge >= 0.3 is 0 Å². The first kappa shape index (κ1) is 19.7. The van der Waals surface area contributed by atoms with E-state index in [1.807, 2.05) is 11.0 Å². The molecular formula is C22H33N3O3. The largest absolute Gasteiger partial charge is 0.497 e. The summed E-state index contributed by atoms with van der Waals surface area (Å²) in [5.74, 6) is 1.78. The molecule has 154 valence electrons. The smallest absolute Gasteiger partial charge is 0.241 e. The number of methoxy groups -OCH3 is 1. The van der Waals surface area contributed by atoms with Crippen LogP contribution in [0.5, 0.6) is 5.75 Å². The molecule has 3 saturated heterocycles. The van der Waals surface area contributed by atoms with Gasteiger partial charge in [-0.3, -0.25) is 9.69 Å². The SMILES string of the molecule is COc1cccc(C[C@H]2[C@H]3C[C@H](CN(C(=O)[C@@H](N)CO)C3)[C@@H]3CCCCN32)c1. The predicted octanol–water partition coefficient (Wildman–Crippen LogP) is 1.26. The molecular weight excluding hydrogens is 354 g/mol. The van der Waals surface area contributed by atoms with E-state index in [0.717, 1.165) is 31.8 Å². The van der Waals surface area contributed by atoms with Crippen molar-refractivity contribution in [2.45, 2.75) is 50.2 Å². The Bertz CT molecular complexity index is 697. The number of carbonyl (C=O) groups is 1. The van der Waals surface area contributed by atoms with Gasteiger partial charge in [-0.05, 0) is 61.8 Å². The normalized spacial score (nSPS) is 31.2. The zero-order valence-corrected chi connectivity index (χ0v) is 16.8. The Kier molecular flexibility index (Phi) is 5.90. The Morgan fingerprint density at radius 3 is 2.93 bits per heavy atom. The molecule has 28 heavy (non-hydrogen) atoms. The predicted molar refractivity (Wildman–Crippen MR) is 108 cm³/mol. The molecule has 1 amide bonds. The fraction of sp³-hybridized carbons (Fsp3) is 0.682. The van der Waals surface area contributed by atoms with E-state index < -0.39 is 6.04 Å². The van der Waals surface area contributed by atoms with E-state index in [-0.39, 0.29) is 12.5 Å². The standard InChI is InChI=1S/C22H33N3O3/c1-28-18-6-4-5-15(9-18)10-21-17-11-16(20-7-2-3-8-25(20)21)12-24(13-17)22(27)19(23)14-26/h4-6,9,16-17,19-21,26H,2-3,7-8,10-14,23H2,1H3/t16-,17+,19+,20+,21+/m1/s1. The lowest BCUT2D eigenvalue weighted by molar-refractivity contribution is -0.143. The van der Waals surface area contributed by atoms with Gasteiger partial charge < -0.3 is 20.5 Å². The van der Waals surface area contributed by atoms with Crippen molar-refractivity contribution in [2.24, 2.45) is 17.6 Å². The number of carbonyl (C=O) groups excluding carboxylic acids is 1. The summed E-state index contributed by atoms with van der Waals surface area (Å²) in [4.78, 5) is 17.4. The molecule has 0 radical (unpaired) electrons. The maximum atomic E-state index is 12.7. The Morgan fingerprint density at radius 1 is 1.32 bits per heavy atom. The Hall–Kier alpha value is -1.63. The van der Waals surface area contributed by atoms with E-state index in [0.29, 0.717) is 23.9 Å². The number of nitrogens with zero attached hydrogens (tertiary/aromatic N) is 2. The minimum Gasteiger partial charge on any atom is -0.497 e. The number of piperidine rings is 3. The number of hydrogen-bond acceptors (Lipinski definition) is 5. The summed E-state index contributed by atoms with van der Waals surface area (Å²) in [6, 6.07) is 8.57. The highest BCUT2D eigenvalue weighted by Gasteiger charge is 2.48.